The topological polar surface area (TPSA) is 83.6 Å². The smallest absolute Gasteiger partial charge is 0.229 e. The quantitative estimate of drug-likeness (QED) is 0.745. The van der Waals surface area contributed by atoms with Gasteiger partial charge < -0.3 is 5.32 Å². The maximum absolute atomic E-state index is 12.6. The fraction of sp³-hybridized carbons (Fsp3) is 0.391. The van der Waals surface area contributed by atoms with Gasteiger partial charge in [0, 0.05) is 36.7 Å². The van der Waals surface area contributed by atoms with Gasteiger partial charge >= 0.3 is 0 Å². The number of hydrogen-bond acceptors (Lipinski definition) is 4. The van der Waals surface area contributed by atoms with Crippen molar-refractivity contribution < 1.29 is 4.79 Å². The highest BCUT2D eigenvalue weighted by Crippen LogP contribution is 2.78. The van der Waals surface area contributed by atoms with E-state index in [0.717, 1.165) is 47.7 Å². The number of aryl methyl sites for hydroxylation is 1. The number of fused-ring (bicyclic) bond motifs is 1. The molecule has 2 heterocycles. The zero-order valence-corrected chi connectivity index (χ0v) is 16.2. The van der Waals surface area contributed by atoms with E-state index in [1.54, 1.807) is 10.9 Å². The number of nitriles is 1. The maximum atomic E-state index is 12.6. The van der Waals surface area contributed by atoms with Crippen LogP contribution in [-0.2, 0) is 17.3 Å². The second kappa shape index (κ2) is 5.44. The lowest BCUT2D eigenvalue weighted by atomic mass is 9.92. The average Bonchev–Trinajstić information content (AvgIpc) is 3.67. The molecule has 3 aromatic rings. The molecule has 0 unspecified atom stereocenters. The summed E-state index contributed by atoms with van der Waals surface area (Å²) in [4.78, 5) is 17.1. The van der Waals surface area contributed by atoms with E-state index in [-0.39, 0.29) is 28.6 Å². The Bertz CT molecular complexity index is 1220. The molecule has 6 nitrogen and oxygen atoms in total. The van der Waals surface area contributed by atoms with E-state index in [2.05, 4.69) is 33.6 Å². The molecule has 144 valence electrons. The van der Waals surface area contributed by atoms with Crippen LogP contribution in [-0.4, -0.2) is 20.7 Å². The second-order valence-corrected chi connectivity index (χ2v) is 8.96. The molecule has 1 spiro atoms. The van der Waals surface area contributed by atoms with E-state index in [1.807, 2.05) is 31.4 Å². The summed E-state index contributed by atoms with van der Waals surface area (Å²) in [5.74, 6) is 0.714. The number of rotatable bonds is 4. The van der Waals surface area contributed by atoms with Crippen molar-refractivity contribution in [2.45, 2.75) is 37.0 Å². The normalized spacial score (nSPS) is 28.1. The zero-order valence-electron chi connectivity index (χ0n) is 16.2. The number of aromatic nitrogens is 3. The van der Waals surface area contributed by atoms with Crippen molar-refractivity contribution in [3.05, 3.63) is 54.0 Å². The van der Waals surface area contributed by atoms with E-state index in [1.165, 1.54) is 0 Å². The third kappa shape index (κ3) is 2.43. The molecule has 0 aliphatic heterocycles. The van der Waals surface area contributed by atoms with Crippen molar-refractivity contribution >= 4 is 22.5 Å². The molecule has 2 aromatic heterocycles. The van der Waals surface area contributed by atoms with E-state index in [4.69, 9.17) is 0 Å². The first-order valence-electron chi connectivity index (χ1n) is 10.2. The number of benzene rings is 1. The molecule has 3 aliphatic rings. The maximum Gasteiger partial charge on any atom is 0.229 e. The summed E-state index contributed by atoms with van der Waals surface area (Å²) in [6.07, 6.45) is 7.83. The first kappa shape index (κ1) is 16.7. The number of hydrogen-bond donors (Lipinski definition) is 1. The Kier molecular flexibility index (Phi) is 3.14. The summed E-state index contributed by atoms with van der Waals surface area (Å²) in [5, 5.41) is 19.2. The number of anilines is 1. The standard InChI is InChI=1S/C23H21N5O/c1-28-7-4-19(27-28)17-10-18(17)21(29)26-20-9-15-8-16(3-2-14(15)11-25-20)23(13-24)12-22(23)5-6-22/h2-4,7-9,11,17-18H,5-6,10,12H2,1H3,(H,25,26,29)/t17-,18-,23-/m1/s1. The van der Waals surface area contributed by atoms with Crippen LogP contribution in [0, 0.1) is 22.7 Å². The number of pyridine rings is 1. The van der Waals surface area contributed by atoms with E-state index in [0.29, 0.717) is 5.82 Å². The molecule has 29 heavy (non-hydrogen) atoms. The van der Waals surface area contributed by atoms with Gasteiger partial charge in [-0.2, -0.15) is 10.4 Å². The molecule has 6 rings (SSSR count). The zero-order chi connectivity index (χ0) is 19.8. The van der Waals surface area contributed by atoms with Crippen LogP contribution in [0.4, 0.5) is 5.82 Å². The third-order valence-electron chi connectivity index (χ3n) is 7.14. The van der Waals surface area contributed by atoms with E-state index < -0.39 is 0 Å². The molecule has 1 amide bonds. The summed E-state index contributed by atoms with van der Waals surface area (Å²) in [6, 6.07) is 12.7. The number of carbonyl (C=O) groups excluding carboxylic acids is 1. The van der Waals surface area contributed by atoms with Gasteiger partial charge in [0.1, 0.15) is 5.82 Å². The molecule has 3 saturated carbocycles. The molecule has 3 atom stereocenters. The van der Waals surface area contributed by atoms with Crippen LogP contribution in [0.3, 0.4) is 0 Å². The molecule has 3 fully saturated rings. The summed E-state index contributed by atoms with van der Waals surface area (Å²) in [5.41, 5.74) is 2.01. The minimum atomic E-state index is -0.308. The molecule has 1 aromatic carbocycles. The van der Waals surface area contributed by atoms with Crippen LogP contribution in [0.25, 0.3) is 10.8 Å². The molecular formula is C23H21N5O. The molecular weight excluding hydrogens is 362 g/mol. The molecule has 3 aliphatic carbocycles. The Morgan fingerprint density at radius 2 is 2.14 bits per heavy atom. The molecule has 0 radical (unpaired) electrons. The van der Waals surface area contributed by atoms with Gasteiger partial charge in [-0.25, -0.2) is 4.98 Å². The lowest BCUT2D eigenvalue weighted by molar-refractivity contribution is -0.117. The van der Waals surface area contributed by atoms with E-state index in [9.17, 15) is 10.1 Å². The van der Waals surface area contributed by atoms with Gasteiger partial charge in [0.15, 0.2) is 0 Å². The summed E-state index contributed by atoms with van der Waals surface area (Å²) < 4.78 is 1.77. The highest BCUT2D eigenvalue weighted by atomic mass is 16.2. The molecule has 6 heteroatoms. The number of nitrogens with one attached hydrogen (secondary N) is 1. The predicted molar refractivity (Wildman–Crippen MR) is 108 cm³/mol. The Hall–Kier alpha value is -3.20. The van der Waals surface area contributed by atoms with Gasteiger partial charge in [0.2, 0.25) is 5.91 Å². The summed E-state index contributed by atoms with van der Waals surface area (Å²) in [7, 11) is 1.89. The Labute approximate surface area is 168 Å². The van der Waals surface area contributed by atoms with Crippen molar-refractivity contribution in [2.75, 3.05) is 5.32 Å². The largest absolute Gasteiger partial charge is 0.310 e. The number of amides is 1. The van der Waals surface area contributed by atoms with Crippen LogP contribution in [0.15, 0.2) is 42.7 Å². The number of carbonyl (C=O) groups is 1. The van der Waals surface area contributed by atoms with Crippen molar-refractivity contribution in [1.82, 2.24) is 14.8 Å². The Morgan fingerprint density at radius 1 is 1.28 bits per heavy atom. The Morgan fingerprint density at radius 3 is 2.83 bits per heavy atom. The molecule has 1 N–H and O–H groups in total. The minimum Gasteiger partial charge on any atom is -0.310 e. The summed E-state index contributed by atoms with van der Waals surface area (Å²) in [6.45, 7) is 0. The third-order valence-corrected chi connectivity index (χ3v) is 7.14. The van der Waals surface area contributed by atoms with Crippen molar-refractivity contribution in [3.8, 4) is 6.07 Å². The molecule has 0 saturated heterocycles. The van der Waals surface area contributed by atoms with Crippen LogP contribution in [0.1, 0.15) is 42.9 Å². The van der Waals surface area contributed by atoms with Gasteiger partial charge in [0.05, 0.1) is 17.2 Å². The fourth-order valence-electron chi connectivity index (χ4n) is 4.98. The monoisotopic (exact) mass is 383 g/mol. The highest BCUT2D eigenvalue weighted by molar-refractivity contribution is 5.96. The van der Waals surface area contributed by atoms with Crippen LogP contribution < -0.4 is 5.32 Å². The summed E-state index contributed by atoms with van der Waals surface area (Å²) >= 11 is 0. The van der Waals surface area contributed by atoms with Crippen LogP contribution in [0.2, 0.25) is 0 Å². The highest BCUT2D eigenvalue weighted by Gasteiger charge is 2.75. The average molecular weight is 383 g/mol. The van der Waals surface area contributed by atoms with Crippen LogP contribution >= 0.6 is 0 Å². The van der Waals surface area contributed by atoms with E-state index >= 15 is 0 Å². The molecule has 0 bridgehead atoms. The lowest BCUT2D eigenvalue weighted by Crippen LogP contribution is -2.15. The predicted octanol–water partition coefficient (Wildman–Crippen LogP) is 3.66. The van der Waals surface area contributed by atoms with Crippen molar-refractivity contribution in [2.24, 2.45) is 18.4 Å². The van der Waals surface area contributed by atoms with Gasteiger partial charge in [-0.05, 0) is 60.2 Å². The van der Waals surface area contributed by atoms with Crippen LogP contribution in [0.5, 0.6) is 0 Å². The van der Waals surface area contributed by atoms with Gasteiger partial charge in [-0.1, -0.05) is 12.1 Å². The van der Waals surface area contributed by atoms with Gasteiger partial charge in [-0.15, -0.1) is 0 Å². The Balaban J connectivity index is 1.23. The first-order valence-corrected chi connectivity index (χ1v) is 10.2. The minimum absolute atomic E-state index is 0.00345. The van der Waals surface area contributed by atoms with Gasteiger partial charge in [-0.3, -0.25) is 9.48 Å². The van der Waals surface area contributed by atoms with Crippen molar-refractivity contribution in [3.63, 3.8) is 0 Å². The second-order valence-electron chi connectivity index (χ2n) is 8.96. The van der Waals surface area contributed by atoms with Crippen molar-refractivity contribution in [1.29, 1.82) is 5.26 Å². The number of nitrogens with zero attached hydrogens (tertiary/aromatic N) is 4. The van der Waals surface area contributed by atoms with Gasteiger partial charge in [0.25, 0.3) is 0 Å². The SMILES string of the molecule is Cn1ccc([C@@H]2C[C@H]2C(=O)Nc2cc3cc([C@]4(C#N)CC45CC5)ccc3cn2)n1. The lowest BCUT2D eigenvalue weighted by Gasteiger charge is -2.11. The first-order chi connectivity index (χ1) is 14.0. The fourth-order valence-corrected chi connectivity index (χ4v) is 4.98.